The maximum atomic E-state index is 14.6. The Balaban J connectivity index is 1.48. The van der Waals surface area contributed by atoms with E-state index in [0.717, 1.165) is 23.9 Å². The average molecular weight is 582 g/mol. The van der Waals surface area contributed by atoms with Crippen molar-refractivity contribution in [1.29, 1.82) is 0 Å². The third kappa shape index (κ3) is 5.07. The Morgan fingerprint density at radius 3 is 2.80 bits per heavy atom. The van der Waals surface area contributed by atoms with Crippen LogP contribution in [-0.2, 0) is 25.8 Å². The number of benzene rings is 1. The first-order valence-electron chi connectivity index (χ1n) is 14.4. The highest BCUT2D eigenvalue weighted by Gasteiger charge is 2.76. The molecule has 0 radical (unpaired) electrons. The molecule has 0 saturated carbocycles. The maximum absolute atomic E-state index is 14.6. The van der Waals surface area contributed by atoms with Gasteiger partial charge in [-0.25, -0.2) is 4.68 Å². The van der Waals surface area contributed by atoms with Gasteiger partial charge in [-0.05, 0) is 50.2 Å². The topological polar surface area (TPSA) is 118 Å². The Morgan fingerprint density at radius 2 is 2.05 bits per heavy atom. The number of aromatic nitrogens is 3. The van der Waals surface area contributed by atoms with Crippen LogP contribution in [0, 0.1) is 17.8 Å². The highest BCUT2D eigenvalue weighted by Crippen LogP contribution is 2.68. The zero-order chi connectivity index (χ0) is 29.1. The molecule has 5 rings (SSSR count). The molecule has 220 valence electrons. The van der Waals surface area contributed by atoms with Gasteiger partial charge >= 0.3 is 5.97 Å². The van der Waals surface area contributed by atoms with Crippen molar-refractivity contribution >= 4 is 40.6 Å². The second-order valence-electron chi connectivity index (χ2n) is 11.2. The van der Waals surface area contributed by atoms with Crippen LogP contribution in [0.5, 0.6) is 0 Å². The van der Waals surface area contributed by atoms with Crippen LogP contribution in [0.15, 0.2) is 49.6 Å². The fourth-order valence-corrected chi connectivity index (χ4v) is 9.33. The number of allylic oxidation sites excluding steroid dienone is 1. The van der Waals surface area contributed by atoms with Crippen LogP contribution in [-0.4, -0.2) is 90.0 Å². The van der Waals surface area contributed by atoms with E-state index in [1.54, 1.807) is 38.4 Å². The van der Waals surface area contributed by atoms with Crippen molar-refractivity contribution < 1.29 is 24.2 Å². The number of para-hydroxylation sites is 1. The minimum absolute atomic E-state index is 0.00403. The van der Waals surface area contributed by atoms with E-state index >= 15 is 0 Å². The van der Waals surface area contributed by atoms with Gasteiger partial charge in [0, 0.05) is 24.9 Å². The third-order valence-corrected chi connectivity index (χ3v) is 10.8. The lowest BCUT2D eigenvalue weighted by atomic mass is 9.66. The molecule has 11 heteroatoms. The number of fused-ring (bicyclic) bond motifs is 2. The number of hydrogen-bond acceptors (Lipinski definition) is 8. The second-order valence-corrected chi connectivity index (χ2v) is 12.7. The van der Waals surface area contributed by atoms with Gasteiger partial charge in [-0.1, -0.05) is 36.4 Å². The first-order valence-corrected chi connectivity index (χ1v) is 15.3. The predicted molar refractivity (Wildman–Crippen MR) is 157 cm³/mol. The molecule has 3 saturated heterocycles. The Labute approximate surface area is 244 Å². The largest absolute Gasteiger partial charge is 0.465 e. The molecule has 1 aromatic heterocycles. The molecule has 3 aliphatic rings. The standard InChI is InChI=1S/C30H39N5O5S/c1-4-6-11-17-40-29(39)24-23-18-20(3)30(41-23)25(24)27(37)34(15-9-10-16-36)26(30)28(38)33(14-5-2)19-35-22-13-8-7-12-21(22)31-32-35/h4-5,7-8,12-13,20,23-26,36H,1-2,6,9-11,14-19H2,3H3/t20?,23-,24+,25-,26?,30?/m0/s1. The van der Waals surface area contributed by atoms with Crippen LogP contribution in [0.25, 0.3) is 11.0 Å². The lowest BCUT2D eigenvalue weighted by Crippen LogP contribution is -2.57. The first-order chi connectivity index (χ1) is 19.9. The third-order valence-electron chi connectivity index (χ3n) is 8.74. The van der Waals surface area contributed by atoms with Crippen LogP contribution >= 0.6 is 11.8 Å². The number of rotatable bonds is 14. The summed E-state index contributed by atoms with van der Waals surface area (Å²) in [5, 5.41) is 17.9. The number of thioether (sulfide) groups is 1. The SMILES string of the molecule is C=CCCCOC(=O)[C@@H]1[C@@H]2CC(C)C3(S2)C(C(=O)N(CC=C)Cn2nnc4ccccc42)N(CCCCO)C(=O)[C@H]13. The van der Waals surface area contributed by atoms with E-state index in [4.69, 9.17) is 4.74 Å². The number of carbonyl (C=O) groups is 3. The van der Waals surface area contributed by atoms with E-state index < -0.39 is 22.6 Å². The average Bonchev–Trinajstić information content (AvgIpc) is 3.68. The van der Waals surface area contributed by atoms with Gasteiger partial charge in [0.2, 0.25) is 11.8 Å². The molecule has 1 spiro atoms. The lowest BCUT2D eigenvalue weighted by Gasteiger charge is -2.40. The van der Waals surface area contributed by atoms with E-state index in [9.17, 15) is 19.5 Å². The molecule has 41 heavy (non-hydrogen) atoms. The number of aliphatic hydroxyl groups excluding tert-OH is 1. The summed E-state index contributed by atoms with van der Waals surface area (Å²) in [4.78, 5) is 45.6. The van der Waals surface area contributed by atoms with E-state index in [1.165, 1.54) is 0 Å². The van der Waals surface area contributed by atoms with E-state index in [-0.39, 0.29) is 55.4 Å². The fraction of sp³-hybridized carbons (Fsp3) is 0.567. The second kappa shape index (κ2) is 12.4. The summed E-state index contributed by atoms with van der Waals surface area (Å²) in [5.41, 5.74) is 1.53. The van der Waals surface area contributed by atoms with Crippen molar-refractivity contribution in [3.63, 3.8) is 0 Å². The molecule has 1 aromatic carbocycles. The maximum Gasteiger partial charge on any atom is 0.310 e. The summed E-state index contributed by atoms with van der Waals surface area (Å²) in [6.45, 7) is 10.7. The minimum Gasteiger partial charge on any atom is -0.465 e. The quantitative estimate of drug-likeness (QED) is 0.206. The Bertz CT molecular complexity index is 1320. The van der Waals surface area contributed by atoms with Gasteiger partial charge in [0.1, 0.15) is 18.2 Å². The molecule has 1 N–H and O–H groups in total. The zero-order valence-corrected chi connectivity index (χ0v) is 24.4. The minimum atomic E-state index is -0.753. The van der Waals surface area contributed by atoms with Gasteiger partial charge in [0.05, 0.1) is 28.7 Å². The molecule has 3 fully saturated rings. The van der Waals surface area contributed by atoms with Gasteiger partial charge in [0.25, 0.3) is 0 Å². The normalized spacial score (nSPS) is 28.2. The summed E-state index contributed by atoms with van der Waals surface area (Å²) < 4.78 is 6.61. The Kier molecular flexibility index (Phi) is 8.84. The van der Waals surface area contributed by atoms with Crippen LogP contribution in [0.2, 0.25) is 0 Å². The molecule has 6 atom stereocenters. The number of esters is 1. The zero-order valence-electron chi connectivity index (χ0n) is 23.6. The lowest BCUT2D eigenvalue weighted by molar-refractivity contribution is -0.154. The van der Waals surface area contributed by atoms with Gasteiger partial charge in [-0.15, -0.1) is 30.0 Å². The van der Waals surface area contributed by atoms with Crippen molar-refractivity contribution in [1.82, 2.24) is 24.8 Å². The van der Waals surface area contributed by atoms with Crippen LogP contribution in [0.4, 0.5) is 0 Å². The van der Waals surface area contributed by atoms with Crippen molar-refractivity contribution in [2.45, 2.75) is 61.7 Å². The molecule has 4 heterocycles. The number of nitrogens with zero attached hydrogens (tertiary/aromatic N) is 5. The summed E-state index contributed by atoms with van der Waals surface area (Å²) in [5.74, 6) is -1.87. The molecular formula is C30H39N5O5S. The number of amides is 2. The van der Waals surface area contributed by atoms with Crippen molar-refractivity contribution in [2.24, 2.45) is 17.8 Å². The molecule has 0 aliphatic carbocycles. The Morgan fingerprint density at radius 1 is 1.24 bits per heavy atom. The highest BCUT2D eigenvalue weighted by atomic mass is 32.2. The van der Waals surface area contributed by atoms with Gasteiger partial charge < -0.3 is 19.6 Å². The number of ether oxygens (including phenoxy) is 1. The fourth-order valence-electron chi connectivity index (χ4n) is 6.93. The number of unbranched alkanes of at least 4 members (excludes halogenated alkanes) is 2. The first kappa shape index (κ1) is 29.3. The molecule has 3 unspecified atom stereocenters. The number of aliphatic hydroxyl groups is 1. The molecular weight excluding hydrogens is 542 g/mol. The van der Waals surface area contributed by atoms with Gasteiger partial charge in [-0.3, -0.25) is 14.4 Å². The van der Waals surface area contributed by atoms with Gasteiger partial charge in [-0.2, -0.15) is 0 Å². The molecule has 2 amide bonds. The predicted octanol–water partition coefficient (Wildman–Crippen LogP) is 3.02. The molecule has 2 aromatic rings. The van der Waals surface area contributed by atoms with Crippen LogP contribution in [0.3, 0.4) is 0 Å². The van der Waals surface area contributed by atoms with Crippen LogP contribution in [0.1, 0.15) is 39.0 Å². The Hall–Kier alpha value is -3.18. The summed E-state index contributed by atoms with van der Waals surface area (Å²) >= 11 is 1.63. The summed E-state index contributed by atoms with van der Waals surface area (Å²) in [6, 6.07) is 6.81. The van der Waals surface area contributed by atoms with Crippen LogP contribution < -0.4 is 0 Å². The number of hydrogen-bond donors (Lipinski definition) is 1. The summed E-state index contributed by atoms with van der Waals surface area (Å²) in [6.07, 6.45) is 6.70. The number of likely N-dealkylation sites (tertiary alicyclic amines) is 1. The number of carbonyl (C=O) groups excluding carboxylic acids is 3. The molecule has 10 nitrogen and oxygen atoms in total. The molecule has 3 aliphatic heterocycles. The van der Waals surface area contributed by atoms with E-state index in [0.29, 0.717) is 25.8 Å². The van der Waals surface area contributed by atoms with E-state index in [2.05, 4.69) is 30.4 Å². The van der Waals surface area contributed by atoms with Crippen molar-refractivity contribution in [3.05, 3.63) is 49.6 Å². The van der Waals surface area contributed by atoms with Crippen molar-refractivity contribution in [2.75, 3.05) is 26.3 Å². The molecule has 2 bridgehead atoms. The summed E-state index contributed by atoms with van der Waals surface area (Å²) in [7, 11) is 0. The van der Waals surface area contributed by atoms with E-state index in [1.807, 2.05) is 24.3 Å². The smallest absolute Gasteiger partial charge is 0.310 e. The monoisotopic (exact) mass is 581 g/mol. The van der Waals surface area contributed by atoms with Crippen molar-refractivity contribution in [3.8, 4) is 0 Å². The highest BCUT2D eigenvalue weighted by molar-refractivity contribution is 8.02. The van der Waals surface area contributed by atoms with Gasteiger partial charge in [0.15, 0.2) is 0 Å².